The van der Waals surface area contributed by atoms with E-state index in [1.54, 1.807) is 19.2 Å². The minimum absolute atomic E-state index is 0.288. The van der Waals surface area contributed by atoms with Gasteiger partial charge in [0.25, 0.3) is 0 Å². The molecule has 0 saturated heterocycles. The van der Waals surface area contributed by atoms with E-state index in [4.69, 9.17) is 4.74 Å². The fourth-order valence-electron chi connectivity index (χ4n) is 1.11. The van der Waals surface area contributed by atoms with E-state index in [1.807, 2.05) is 26.0 Å². The van der Waals surface area contributed by atoms with Crippen LogP contribution in [0.5, 0.6) is 11.5 Å². The molecule has 0 unspecified atom stereocenters. The molecule has 0 aliphatic rings. The van der Waals surface area contributed by atoms with E-state index >= 15 is 0 Å². The second-order valence-corrected chi connectivity index (χ2v) is 2.85. The molecule has 1 aromatic carbocycles. The van der Waals surface area contributed by atoms with Crippen molar-refractivity contribution in [3.05, 3.63) is 29.8 Å². The zero-order valence-electron chi connectivity index (χ0n) is 8.16. The van der Waals surface area contributed by atoms with E-state index < -0.39 is 0 Å². The second-order valence-electron chi connectivity index (χ2n) is 2.85. The summed E-state index contributed by atoms with van der Waals surface area (Å²) >= 11 is 0. The third kappa shape index (κ3) is 2.02. The Kier molecular flexibility index (Phi) is 2.96. The highest BCUT2D eigenvalue weighted by Crippen LogP contribution is 2.28. The van der Waals surface area contributed by atoms with Crippen LogP contribution < -0.4 is 4.74 Å². The van der Waals surface area contributed by atoms with Crippen molar-refractivity contribution in [2.75, 3.05) is 7.11 Å². The van der Waals surface area contributed by atoms with Crippen LogP contribution in [0.1, 0.15) is 19.4 Å². The zero-order valence-corrected chi connectivity index (χ0v) is 8.16. The van der Waals surface area contributed by atoms with Crippen LogP contribution in [-0.4, -0.2) is 12.2 Å². The van der Waals surface area contributed by atoms with E-state index in [2.05, 4.69) is 0 Å². The largest absolute Gasteiger partial charge is 0.507 e. The van der Waals surface area contributed by atoms with Crippen molar-refractivity contribution in [2.45, 2.75) is 13.8 Å². The molecule has 1 rings (SSSR count). The normalized spacial score (nSPS) is 11.5. The van der Waals surface area contributed by atoms with E-state index in [0.29, 0.717) is 0 Å². The van der Waals surface area contributed by atoms with Gasteiger partial charge in [0.15, 0.2) is 0 Å². The zero-order chi connectivity index (χ0) is 9.84. The Morgan fingerprint density at radius 3 is 2.69 bits per heavy atom. The van der Waals surface area contributed by atoms with Crippen LogP contribution in [0.25, 0.3) is 5.57 Å². The topological polar surface area (TPSA) is 29.5 Å². The number of phenolic OH excluding ortho intramolecular Hbond substituents is 1. The molecule has 0 heterocycles. The lowest BCUT2D eigenvalue weighted by Crippen LogP contribution is -1.86. The number of hydrogen-bond donors (Lipinski definition) is 1. The van der Waals surface area contributed by atoms with Gasteiger partial charge in [-0.05, 0) is 37.6 Å². The molecule has 0 fully saturated rings. The summed E-state index contributed by atoms with van der Waals surface area (Å²) in [5.74, 6) is 1.05. The summed E-state index contributed by atoms with van der Waals surface area (Å²) in [4.78, 5) is 0. The Balaban J connectivity index is 3.19. The lowest BCUT2D eigenvalue weighted by Gasteiger charge is -2.06. The molecule has 2 heteroatoms. The van der Waals surface area contributed by atoms with Gasteiger partial charge in [-0.15, -0.1) is 0 Å². The maximum atomic E-state index is 9.54. The fourth-order valence-corrected chi connectivity index (χ4v) is 1.11. The molecule has 0 spiro atoms. The molecule has 2 nitrogen and oxygen atoms in total. The van der Waals surface area contributed by atoms with Crippen molar-refractivity contribution < 1.29 is 9.84 Å². The minimum atomic E-state index is 0.288. The number of allylic oxidation sites excluding steroid dienone is 2. The molecule has 0 amide bonds. The van der Waals surface area contributed by atoms with Crippen LogP contribution in [0.15, 0.2) is 24.3 Å². The number of aromatic hydroxyl groups is 1. The number of ether oxygens (including phenoxy) is 1. The SMILES string of the molecule is C/C=C(\C)c1cc(OC)ccc1O. The van der Waals surface area contributed by atoms with Crippen molar-refractivity contribution >= 4 is 5.57 Å². The van der Waals surface area contributed by atoms with Crippen molar-refractivity contribution in [3.63, 3.8) is 0 Å². The predicted octanol–water partition coefficient (Wildman–Crippen LogP) is 2.82. The van der Waals surface area contributed by atoms with Gasteiger partial charge in [0.1, 0.15) is 11.5 Å². The summed E-state index contributed by atoms with van der Waals surface area (Å²) in [5, 5.41) is 9.54. The molecule has 0 aliphatic heterocycles. The maximum absolute atomic E-state index is 9.54. The van der Waals surface area contributed by atoms with Crippen molar-refractivity contribution in [1.29, 1.82) is 0 Å². The summed E-state index contributed by atoms with van der Waals surface area (Å²) in [7, 11) is 1.61. The average molecular weight is 178 g/mol. The van der Waals surface area contributed by atoms with Gasteiger partial charge in [-0.3, -0.25) is 0 Å². The van der Waals surface area contributed by atoms with Gasteiger partial charge in [0.2, 0.25) is 0 Å². The Morgan fingerprint density at radius 2 is 2.15 bits per heavy atom. The van der Waals surface area contributed by atoms with Crippen LogP contribution in [0.2, 0.25) is 0 Å². The molecule has 1 aromatic rings. The second kappa shape index (κ2) is 3.99. The fraction of sp³-hybridized carbons (Fsp3) is 0.273. The molecule has 0 saturated carbocycles. The molecule has 0 radical (unpaired) electrons. The quantitative estimate of drug-likeness (QED) is 0.754. The highest BCUT2D eigenvalue weighted by molar-refractivity contribution is 5.69. The molecule has 0 atom stereocenters. The Labute approximate surface area is 78.5 Å². The first kappa shape index (κ1) is 9.65. The summed E-state index contributed by atoms with van der Waals surface area (Å²) in [5.41, 5.74) is 1.86. The predicted molar refractivity (Wildman–Crippen MR) is 54.0 cm³/mol. The summed E-state index contributed by atoms with van der Waals surface area (Å²) < 4.78 is 5.07. The third-order valence-electron chi connectivity index (χ3n) is 2.06. The maximum Gasteiger partial charge on any atom is 0.123 e. The number of methoxy groups -OCH3 is 1. The monoisotopic (exact) mass is 178 g/mol. The Morgan fingerprint density at radius 1 is 1.46 bits per heavy atom. The number of hydrogen-bond acceptors (Lipinski definition) is 2. The van der Waals surface area contributed by atoms with Gasteiger partial charge < -0.3 is 9.84 Å². The first-order valence-corrected chi connectivity index (χ1v) is 4.19. The van der Waals surface area contributed by atoms with Crippen molar-refractivity contribution in [3.8, 4) is 11.5 Å². The van der Waals surface area contributed by atoms with Crippen LogP contribution in [0.3, 0.4) is 0 Å². The van der Waals surface area contributed by atoms with Crippen LogP contribution in [-0.2, 0) is 0 Å². The number of phenols is 1. The summed E-state index contributed by atoms with van der Waals surface area (Å²) in [6, 6.07) is 5.20. The molecule has 0 aromatic heterocycles. The summed E-state index contributed by atoms with van der Waals surface area (Å²) in [6.07, 6.45) is 1.95. The van der Waals surface area contributed by atoms with E-state index in [1.165, 1.54) is 0 Å². The molecule has 0 aliphatic carbocycles. The average Bonchev–Trinajstić information content (AvgIpc) is 2.17. The van der Waals surface area contributed by atoms with Crippen LogP contribution in [0, 0.1) is 0 Å². The van der Waals surface area contributed by atoms with Gasteiger partial charge in [-0.1, -0.05) is 6.08 Å². The number of benzene rings is 1. The van der Waals surface area contributed by atoms with Gasteiger partial charge in [0, 0.05) is 5.56 Å². The Hall–Kier alpha value is -1.44. The molecular weight excluding hydrogens is 164 g/mol. The third-order valence-corrected chi connectivity index (χ3v) is 2.06. The van der Waals surface area contributed by atoms with Gasteiger partial charge in [-0.2, -0.15) is 0 Å². The molecule has 1 N–H and O–H groups in total. The van der Waals surface area contributed by atoms with Crippen molar-refractivity contribution in [1.82, 2.24) is 0 Å². The first-order valence-electron chi connectivity index (χ1n) is 4.19. The van der Waals surface area contributed by atoms with E-state index in [-0.39, 0.29) is 5.75 Å². The highest BCUT2D eigenvalue weighted by Gasteiger charge is 2.03. The van der Waals surface area contributed by atoms with Gasteiger partial charge >= 0.3 is 0 Å². The minimum Gasteiger partial charge on any atom is -0.507 e. The lowest BCUT2D eigenvalue weighted by atomic mass is 10.1. The lowest BCUT2D eigenvalue weighted by molar-refractivity contribution is 0.412. The summed E-state index contributed by atoms with van der Waals surface area (Å²) in [6.45, 7) is 3.89. The smallest absolute Gasteiger partial charge is 0.123 e. The molecule has 70 valence electrons. The van der Waals surface area contributed by atoms with Crippen LogP contribution >= 0.6 is 0 Å². The standard InChI is InChI=1S/C11H14O2/c1-4-8(2)10-7-9(13-3)5-6-11(10)12/h4-7,12H,1-3H3/b8-4+. The van der Waals surface area contributed by atoms with E-state index in [9.17, 15) is 5.11 Å². The van der Waals surface area contributed by atoms with E-state index in [0.717, 1.165) is 16.9 Å². The Bertz CT molecular complexity index is 327. The highest BCUT2D eigenvalue weighted by atomic mass is 16.5. The molecule has 0 bridgehead atoms. The first-order chi connectivity index (χ1) is 6.19. The van der Waals surface area contributed by atoms with Gasteiger partial charge in [-0.25, -0.2) is 0 Å². The van der Waals surface area contributed by atoms with Crippen LogP contribution in [0.4, 0.5) is 0 Å². The molecule has 13 heavy (non-hydrogen) atoms. The number of rotatable bonds is 2. The van der Waals surface area contributed by atoms with Crippen molar-refractivity contribution in [2.24, 2.45) is 0 Å². The molecular formula is C11H14O2. The van der Waals surface area contributed by atoms with Gasteiger partial charge in [0.05, 0.1) is 7.11 Å².